The van der Waals surface area contributed by atoms with Crippen LogP contribution in [0.4, 0.5) is 0 Å². The van der Waals surface area contributed by atoms with Gasteiger partial charge in [0.15, 0.2) is 0 Å². The lowest BCUT2D eigenvalue weighted by Crippen LogP contribution is -1.95. The van der Waals surface area contributed by atoms with E-state index in [9.17, 15) is 8.42 Å². The minimum atomic E-state index is -2.68. The van der Waals surface area contributed by atoms with E-state index in [-0.39, 0.29) is 6.61 Å². The summed E-state index contributed by atoms with van der Waals surface area (Å²) in [6.45, 7) is 0.245. The van der Waals surface area contributed by atoms with Gasteiger partial charge in [-0.05, 0) is 28.8 Å². The van der Waals surface area contributed by atoms with Gasteiger partial charge in [-0.2, -0.15) is 11.3 Å². The van der Waals surface area contributed by atoms with Crippen molar-refractivity contribution in [2.75, 3.05) is 6.61 Å². The predicted octanol–water partition coefficient (Wildman–Crippen LogP) is 0.834. The normalized spacial score (nSPS) is 10.6. The van der Waals surface area contributed by atoms with Gasteiger partial charge >= 0.3 is 0 Å². The number of hydrogen-bond acceptors (Lipinski definition) is 4. The lowest BCUT2D eigenvalue weighted by atomic mass is 10.3. The highest BCUT2D eigenvalue weighted by Crippen LogP contribution is 2.06. The Morgan fingerprint density at radius 3 is 2.91 bits per heavy atom. The van der Waals surface area contributed by atoms with Gasteiger partial charge in [-0.25, -0.2) is 8.42 Å². The van der Waals surface area contributed by atoms with Crippen molar-refractivity contribution in [1.29, 1.82) is 0 Å². The molecular weight excluding hydrogens is 184 g/mol. The van der Waals surface area contributed by atoms with Gasteiger partial charge < -0.3 is 0 Å². The van der Waals surface area contributed by atoms with Gasteiger partial charge in [0.1, 0.15) is 0 Å². The highest BCUT2D eigenvalue weighted by atomic mass is 32.2. The molecule has 1 rings (SSSR count). The average Bonchev–Trinajstić information content (AvgIpc) is 2.39. The maximum atomic E-state index is 9.95. The molecule has 62 valence electrons. The molecule has 0 saturated heterocycles. The smallest absolute Gasteiger partial charge is 0.257 e. The second-order valence-corrected chi connectivity index (χ2v) is 3.42. The molecule has 1 aromatic heterocycles. The molecular formula is C6H8O3S2. The molecule has 0 aliphatic rings. The van der Waals surface area contributed by atoms with Crippen LogP contribution < -0.4 is 0 Å². The second-order valence-electron chi connectivity index (χ2n) is 1.94. The van der Waals surface area contributed by atoms with Crippen LogP contribution in [0.2, 0.25) is 0 Å². The van der Waals surface area contributed by atoms with Crippen molar-refractivity contribution >= 4 is 22.3 Å². The first-order chi connectivity index (χ1) is 5.29. The molecule has 5 heteroatoms. The molecule has 0 bridgehead atoms. The van der Waals surface area contributed by atoms with E-state index in [4.69, 9.17) is 0 Å². The van der Waals surface area contributed by atoms with Crippen LogP contribution in [0.25, 0.3) is 0 Å². The highest BCUT2D eigenvalue weighted by molar-refractivity contribution is 7.67. The molecule has 1 aromatic rings. The van der Waals surface area contributed by atoms with Crippen LogP contribution in [0.15, 0.2) is 16.8 Å². The molecule has 0 amide bonds. The van der Waals surface area contributed by atoms with Crippen LogP contribution in [-0.4, -0.2) is 15.0 Å². The highest BCUT2D eigenvalue weighted by Gasteiger charge is 1.92. The maximum Gasteiger partial charge on any atom is 0.257 e. The Bertz CT molecular complexity index is 255. The first-order valence-corrected chi connectivity index (χ1v) is 5.11. The largest absolute Gasteiger partial charge is 0.272 e. The van der Waals surface area contributed by atoms with Gasteiger partial charge in [0.05, 0.1) is 6.61 Å². The van der Waals surface area contributed by atoms with Gasteiger partial charge in [-0.15, -0.1) is 0 Å². The van der Waals surface area contributed by atoms with Gasteiger partial charge in [-0.3, -0.25) is 4.18 Å². The van der Waals surface area contributed by atoms with E-state index in [1.54, 1.807) is 11.3 Å². The minimum Gasteiger partial charge on any atom is -0.272 e. The summed E-state index contributed by atoms with van der Waals surface area (Å²) < 4.78 is 24.3. The Hall–Kier alpha value is -0.390. The van der Waals surface area contributed by atoms with E-state index in [1.165, 1.54) is 0 Å². The van der Waals surface area contributed by atoms with Crippen LogP contribution in [0.5, 0.6) is 0 Å². The second kappa shape index (κ2) is 4.48. The summed E-state index contributed by atoms with van der Waals surface area (Å²) in [6, 6.07) is 1.95. The summed E-state index contributed by atoms with van der Waals surface area (Å²) in [7, 11) is -2.68. The summed E-state index contributed by atoms with van der Waals surface area (Å²) in [6.07, 6.45) is 0.660. The van der Waals surface area contributed by atoms with Crippen LogP contribution in [-0.2, 0) is 21.6 Å². The van der Waals surface area contributed by atoms with Crippen molar-refractivity contribution in [2.45, 2.75) is 6.42 Å². The molecule has 0 radical (unpaired) electrons. The molecule has 0 spiro atoms. The van der Waals surface area contributed by atoms with Crippen LogP contribution in [0.3, 0.4) is 0 Å². The van der Waals surface area contributed by atoms with E-state index in [2.05, 4.69) is 4.18 Å². The van der Waals surface area contributed by atoms with Gasteiger partial charge in [0.25, 0.3) is 11.0 Å². The molecule has 0 aliphatic carbocycles. The molecule has 0 atom stereocenters. The lowest BCUT2D eigenvalue weighted by Gasteiger charge is -1.92. The molecule has 0 aliphatic heterocycles. The molecule has 3 nitrogen and oxygen atoms in total. The lowest BCUT2D eigenvalue weighted by molar-refractivity contribution is 0.337. The quantitative estimate of drug-likeness (QED) is 0.719. The third-order valence-corrected chi connectivity index (χ3v) is 2.29. The van der Waals surface area contributed by atoms with Crippen LogP contribution in [0.1, 0.15) is 5.56 Å². The fraction of sp³-hybridized carbons (Fsp3) is 0.333. The van der Waals surface area contributed by atoms with Crippen LogP contribution >= 0.6 is 11.3 Å². The average molecular weight is 192 g/mol. The van der Waals surface area contributed by atoms with Gasteiger partial charge in [0, 0.05) is 0 Å². The molecule has 0 saturated carbocycles. The van der Waals surface area contributed by atoms with E-state index < -0.39 is 11.0 Å². The molecule has 1 heterocycles. The van der Waals surface area contributed by atoms with E-state index in [1.807, 2.05) is 16.8 Å². The first kappa shape index (κ1) is 8.70. The first-order valence-electron chi connectivity index (χ1n) is 3.07. The van der Waals surface area contributed by atoms with Crippen molar-refractivity contribution in [3.05, 3.63) is 22.4 Å². The Morgan fingerprint density at radius 2 is 2.36 bits per heavy atom. The monoisotopic (exact) mass is 192 g/mol. The fourth-order valence-corrected chi connectivity index (χ4v) is 1.62. The number of thiophene rings is 1. The third-order valence-electron chi connectivity index (χ3n) is 1.17. The third kappa shape index (κ3) is 3.50. The van der Waals surface area contributed by atoms with Crippen molar-refractivity contribution in [1.82, 2.24) is 0 Å². The number of hydrogen-bond donors (Lipinski definition) is 1. The molecule has 0 fully saturated rings. The minimum absolute atomic E-state index is 0.245. The zero-order chi connectivity index (χ0) is 8.10. The van der Waals surface area contributed by atoms with Gasteiger partial charge in [0.2, 0.25) is 0 Å². The Kier molecular flexibility index (Phi) is 3.55. The van der Waals surface area contributed by atoms with E-state index >= 15 is 0 Å². The fourth-order valence-electron chi connectivity index (χ4n) is 0.673. The Morgan fingerprint density at radius 1 is 1.55 bits per heavy atom. The topological polar surface area (TPSA) is 43.4 Å². The van der Waals surface area contributed by atoms with E-state index in [0.29, 0.717) is 6.42 Å². The summed E-state index contributed by atoms with van der Waals surface area (Å²) in [5.41, 5.74) is 1.12. The molecule has 0 aromatic carbocycles. The van der Waals surface area contributed by atoms with Crippen LogP contribution in [0, 0.1) is 0 Å². The standard InChI is InChI=1S/C6H8O3S2/c7-11(8)9-3-1-6-2-4-10-5-6/h2,4-5,11H,1,3H2. The van der Waals surface area contributed by atoms with Crippen molar-refractivity contribution < 1.29 is 12.6 Å². The zero-order valence-corrected chi connectivity index (χ0v) is 7.44. The number of rotatable bonds is 4. The van der Waals surface area contributed by atoms with E-state index in [0.717, 1.165) is 5.56 Å². The summed E-state index contributed by atoms with van der Waals surface area (Å²) in [5, 5.41) is 3.92. The Balaban J connectivity index is 2.24. The summed E-state index contributed by atoms with van der Waals surface area (Å²) >= 11 is 1.59. The zero-order valence-electron chi connectivity index (χ0n) is 5.73. The molecule has 11 heavy (non-hydrogen) atoms. The molecule has 0 N–H and O–H groups in total. The van der Waals surface area contributed by atoms with Crippen molar-refractivity contribution in [2.24, 2.45) is 0 Å². The van der Waals surface area contributed by atoms with Crippen molar-refractivity contribution in [3.63, 3.8) is 0 Å². The molecule has 0 unspecified atom stereocenters. The maximum absolute atomic E-state index is 9.95. The predicted molar refractivity (Wildman–Crippen MR) is 44.3 cm³/mol. The Labute approximate surface area is 70.8 Å². The van der Waals surface area contributed by atoms with Crippen molar-refractivity contribution in [3.8, 4) is 0 Å². The summed E-state index contributed by atoms with van der Waals surface area (Å²) in [5.74, 6) is 0. The SMILES string of the molecule is O=[SH](=O)OCCc1ccsc1. The summed E-state index contributed by atoms with van der Waals surface area (Å²) in [4.78, 5) is 0. The van der Waals surface area contributed by atoms with Gasteiger partial charge in [-0.1, -0.05) is 0 Å². The number of thiol groups is 1.